The molecule has 2 aromatic rings. The number of halogens is 1. The van der Waals surface area contributed by atoms with Gasteiger partial charge in [-0.15, -0.1) is 0 Å². The number of hydrogen-bond acceptors (Lipinski definition) is 5. The average molecular weight is 351 g/mol. The summed E-state index contributed by atoms with van der Waals surface area (Å²) >= 11 is 10.4. The lowest BCUT2D eigenvalue weighted by atomic mass is 10.2. The third kappa shape index (κ3) is 5.39. The Balaban J connectivity index is 2.05. The Morgan fingerprint density at radius 3 is 2.87 bits per heavy atom. The number of aromatic nitrogens is 1. The molecule has 0 aliphatic heterocycles. The highest BCUT2D eigenvalue weighted by Gasteiger charge is 2.06. The minimum Gasteiger partial charge on any atom is -0.493 e. The number of nitrogens with two attached hydrogens (primary N) is 1. The highest BCUT2D eigenvalue weighted by atomic mass is 35.5. The van der Waals surface area contributed by atoms with Crippen molar-refractivity contribution in [3.63, 3.8) is 0 Å². The largest absolute Gasteiger partial charge is 0.493 e. The van der Waals surface area contributed by atoms with Crippen molar-refractivity contribution in [3.8, 4) is 11.5 Å². The van der Waals surface area contributed by atoms with E-state index in [9.17, 15) is 0 Å². The van der Waals surface area contributed by atoms with Crippen molar-refractivity contribution < 1.29 is 9.47 Å². The zero-order chi connectivity index (χ0) is 16.7. The molecule has 0 aliphatic carbocycles. The molecule has 0 aliphatic rings. The number of rotatable bonds is 6. The molecular weight excluding hydrogens is 336 g/mol. The third-order valence-corrected chi connectivity index (χ3v) is 3.07. The van der Waals surface area contributed by atoms with E-state index in [1.165, 1.54) is 0 Å². The van der Waals surface area contributed by atoms with E-state index in [-0.39, 0.29) is 5.11 Å². The van der Waals surface area contributed by atoms with Gasteiger partial charge in [0.25, 0.3) is 0 Å². The summed E-state index contributed by atoms with van der Waals surface area (Å²) in [6, 6.07) is 8.99. The lowest BCUT2D eigenvalue weighted by molar-refractivity contribution is 0.284. The fourth-order valence-corrected chi connectivity index (χ4v) is 1.87. The number of pyridine rings is 1. The fourth-order valence-electron chi connectivity index (χ4n) is 1.71. The Morgan fingerprint density at radius 2 is 2.22 bits per heavy atom. The first-order valence-electron chi connectivity index (χ1n) is 6.58. The summed E-state index contributed by atoms with van der Waals surface area (Å²) in [5, 5.41) is 4.44. The normalized spacial score (nSPS) is 10.5. The summed E-state index contributed by atoms with van der Waals surface area (Å²) in [5.41, 5.74) is 9.49. The molecule has 0 fully saturated rings. The number of ether oxygens (including phenoxy) is 2. The van der Waals surface area contributed by atoms with Crippen LogP contribution in [0.5, 0.6) is 11.5 Å². The molecule has 23 heavy (non-hydrogen) atoms. The molecule has 1 aromatic carbocycles. The lowest BCUT2D eigenvalue weighted by Crippen LogP contribution is -2.23. The number of benzene rings is 1. The monoisotopic (exact) mass is 350 g/mol. The number of methoxy groups -OCH3 is 1. The van der Waals surface area contributed by atoms with E-state index in [0.29, 0.717) is 23.3 Å². The second-order valence-corrected chi connectivity index (χ2v) is 5.25. The number of hydrogen-bond donors (Lipinski definition) is 2. The SMILES string of the molecule is COc1cc(C=NNC(N)=S)ccc1OCc1ccc(Cl)nc1. The number of nitrogens with zero attached hydrogens (tertiary/aromatic N) is 2. The molecule has 0 saturated carbocycles. The molecule has 120 valence electrons. The predicted octanol–water partition coefficient (Wildman–Crippen LogP) is 2.49. The van der Waals surface area contributed by atoms with Gasteiger partial charge in [0.1, 0.15) is 11.8 Å². The number of hydrazone groups is 1. The van der Waals surface area contributed by atoms with Gasteiger partial charge in [0.2, 0.25) is 0 Å². The van der Waals surface area contributed by atoms with Crippen LogP contribution in [0.2, 0.25) is 5.15 Å². The van der Waals surface area contributed by atoms with Crippen molar-refractivity contribution >= 4 is 35.1 Å². The van der Waals surface area contributed by atoms with E-state index in [1.54, 1.807) is 37.7 Å². The molecule has 0 saturated heterocycles. The maximum atomic E-state index is 5.75. The van der Waals surface area contributed by atoms with Crippen LogP contribution in [-0.4, -0.2) is 23.4 Å². The first-order chi connectivity index (χ1) is 11.1. The average Bonchev–Trinajstić information content (AvgIpc) is 2.54. The molecule has 6 nitrogen and oxygen atoms in total. The maximum Gasteiger partial charge on any atom is 0.184 e. The van der Waals surface area contributed by atoms with E-state index in [1.807, 2.05) is 12.1 Å². The highest BCUT2D eigenvalue weighted by Crippen LogP contribution is 2.28. The molecule has 1 aromatic heterocycles. The fraction of sp³-hybridized carbons (Fsp3) is 0.133. The smallest absolute Gasteiger partial charge is 0.184 e. The molecule has 0 amide bonds. The topological polar surface area (TPSA) is 81.8 Å². The summed E-state index contributed by atoms with van der Waals surface area (Å²) in [7, 11) is 1.57. The standard InChI is InChI=1S/C15H15ClN4O2S/c1-21-13-6-10(8-19-20-15(17)23)2-4-12(13)22-9-11-3-5-14(16)18-7-11/h2-8H,9H2,1H3,(H3,17,20,23). The first kappa shape index (κ1) is 17.0. The van der Waals surface area contributed by atoms with Gasteiger partial charge in [0.15, 0.2) is 16.6 Å². The summed E-state index contributed by atoms with van der Waals surface area (Å²) in [6.07, 6.45) is 3.24. The Morgan fingerprint density at radius 1 is 1.39 bits per heavy atom. The third-order valence-electron chi connectivity index (χ3n) is 2.76. The number of thiocarbonyl (C=S) groups is 1. The zero-order valence-electron chi connectivity index (χ0n) is 12.3. The zero-order valence-corrected chi connectivity index (χ0v) is 13.9. The van der Waals surface area contributed by atoms with Crippen molar-refractivity contribution in [2.45, 2.75) is 6.61 Å². The van der Waals surface area contributed by atoms with Crippen LogP contribution >= 0.6 is 23.8 Å². The van der Waals surface area contributed by atoms with E-state index >= 15 is 0 Å². The van der Waals surface area contributed by atoms with Crippen LogP contribution in [0.3, 0.4) is 0 Å². The molecule has 8 heteroatoms. The second kappa shape index (κ2) is 8.30. The van der Waals surface area contributed by atoms with Crippen LogP contribution in [0.15, 0.2) is 41.6 Å². The Bertz CT molecular complexity index is 707. The molecule has 1 heterocycles. The molecule has 0 spiro atoms. The van der Waals surface area contributed by atoms with Crippen LogP contribution in [0.4, 0.5) is 0 Å². The van der Waals surface area contributed by atoms with E-state index < -0.39 is 0 Å². The van der Waals surface area contributed by atoms with Crippen LogP contribution in [0.25, 0.3) is 0 Å². The lowest BCUT2D eigenvalue weighted by Gasteiger charge is -2.11. The van der Waals surface area contributed by atoms with Crippen molar-refractivity contribution in [2.24, 2.45) is 10.8 Å². The summed E-state index contributed by atoms with van der Waals surface area (Å²) in [6.45, 7) is 0.358. The van der Waals surface area contributed by atoms with Crippen molar-refractivity contribution in [1.82, 2.24) is 10.4 Å². The molecule has 0 bridgehead atoms. The molecule has 0 radical (unpaired) electrons. The van der Waals surface area contributed by atoms with Gasteiger partial charge in [0.05, 0.1) is 13.3 Å². The molecular formula is C15H15ClN4O2S. The minimum atomic E-state index is 0.102. The second-order valence-electron chi connectivity index (χ2n) is 4.42. The molecule has 2 rings (SSSR count). The van der Waals surface area contributed by atoms with Gasteiger partial charge in [-0.25, -0.2) is 4.98 Å². The Hall–Kier alpha value is -2.38. The molecule has 0 unspecified atom stereocenters. The summed E-state index contributed by atoms with van der Waals surface area (Å²) < 4.78 is 11.1. The Kier molecular flexibility index (Phi) is 6.13. The summed E-state index contributed by atoms with van der Waals surface area (Å²) in [4.78, 5) is 4.01. The maximum absolute atomic E-state index is 5.75. The molecule has 3 N–H and O–H groups in total. The van der Waals surface area contributed by atoms with E-state index in [0.717, 1.165) is 11.1 Å². The van der Waals surface area contributed by atoms with Gasteiger partial charge in [-0.1, -0.05) is 17.7 Å². The quantitative estimate of drug-likeness (QED) is 0.360. The van der Waals surface area contributed by atoms with Crippen molar-refractivity contribution in [2.75, 3.05) is 7.11 Å². The van der Waals surface area contributed by atoms with E-state index in [2.05, 4.69) is 27.7 Å². The van der Waals surface area contributed by atoms with Gasteiger partial charge in [0, 0.05) is 11.8 Å². The minimum absolute atomic E-state index is 0.102. The van der Waals surface area contributed by atoms with Crippen molar-refractivity contribution in [1.29, 1.82) is 0 Å². The highest BCUT2D eigenvalue weighted by molar-refractivity contribution is 7.80. The van der Waals surface area contributed by atoms with Gasteiger partial charge in [-0.05, 0) is 42.0 Å². The van der Waals surface area contributed by atoms with Gasteiger partial charge in [-0.3, -0.25) is 5.43 Å². The first-order valence-corrected chi connectivity index (χ1v) is 7.37. The number of nitrogens with one attached hydrogen (secondary N) is 1. The van der Waals surface area contributed by atoms with E-state index in [4.69, 9.17) is 26.8 Å². The van der Waals surface area contributed by atoms with Gasteiger partial charge < -0.3 is 15.2 Å². The Labute approximate surface area is 144 Å². The van der Waals surface area contributed by atoms with Crippen LogP contribution in [-0.2, 0) is 6.61 Å². The van der Waals surface area contributed by atoms with Gasteiger partial charge >= 0.3 is 0 Å². The predicted molar refractivity (Wildman–Crippen MR) is 94.1 cm³/mol. The molecule has 0 atom stereocenters. The van der Waals surface area contributed by atoms with Crippen LogP contribution in [0.1, 0.15) is 11.1 Å². The van der Waals surface area contributed by atoms with Crippen molar-refractivity contribution in [3.05, 3.63) is 52.8 Å². The van der Waals surface area contributed by atoms with Crippen LogP contribution < -0.4 is 20.6 Å². The van der Waals surface area contributed by atoms with Crippen LogP contribution in [0, 0.1) is 0 Å². The van der Waals surface area contributed by atoms with Gasteiger partial charge in [-0.2, -0.15) is 5.10 Å². The summed E-state index contributed by atoms with van der Waals surface area (Å²) in [5.74, 6) is 1.20.